The highest BCUT2D eigenvalue weighted by Gasteiger charge is 2.12. The molecule has 0 bridgehead atoms. The standard InChI is InChI=1S/C9H17N3O/c1-9(2,3)12-8(13)7-11-6-4-5-10/h11H,4,6-7H2,1-3H3,(H,12,13). The second-order valence-electron chi connectivity index (χ2n) is 3.88. The Labute approximate surface area is 79.3 Å². The zero-order valence-electron chi connectivity index (χ0n) is 8.48. The number of nitriles is 1. The van der Waals surface area contributed by atoms with Crippen molar-refractivity contribution in [3.63, 3.8) is 0 Å². The zero-order chi connectivity index (χ0) is 10.3. The number of carbonyl (C=O) groups is 1. The molecule has 4 nitrogen and oxygen atoms in total. The van der Waals surface area contributed by atoms with Gasteiger partial charge in [0.25, 0.3) is 0 Å². The lowest BCUT2D eigenvalue weighted by Crippen LogP contribution is -2.44. The predicted octanol–water partition coefficient (Wildman–Crippen LogP) is 0.404. The van der Waals surface area contributed by atoms with Crippen LogP contribution >= 0.6 is 0 Å². The molecule has 0 heterocycles. The van der Waals surface area contributed by atoms with Gasteiger partial charge in [-0.25, -0.2) is 0 Å². The maximum absolute atomic E-state index is 11.2. The molecular weight excluding hydrogens is 166 g/mol. The third-order valence-corrected chi connectivity index (χ3v) is 1.21. The molecule has 0 aliphatic heterocycles. The summed E-state index contributed by atoms with van der Waals surface area (Å²) >= 11 is 0. The maximum atomic E-state index is 11.2. The quantitative estimate of drug-likeness (QED) is 0.620. The molecule has 74 valence electrons. The minimum absolute atomic E-state index is 0.0366. The first-order valence-corrected chi connectivity index (χ1v) is 4.34. The van der Waals surface area contributed by atoms with Crippen molar-refractivity contribution in [3.05, 3.63) is 0 Å². The summed E-state index contributed by atoms with van der Waals surface area (Å²) in [6, 6.07) is 2.00. The van der Waals surface area contributed by atoms with E-state index in [4.69, 9.17) is 5.26 Å². The number of nitrogens with zero attached hydrogens (tertiary/aromatic N) is 1. The number of amides is 1. The first kappa shape index (κ1) is 11.9. The monoisotopic (exact) mass is 183 g/mol. The average molecular weight is 183 g/mol. The van der Waals surface area contributed by atoms with Gasteiger partial charge in [-0.1, -0.05) is 0 Å². The van der Waals surface area contributed by atoms with E-state index in [0.717, 1.165) is 0 Å². The molecule has 1 amide bonds. The molecular formula is C9H17N3O. The van der Waals surface area contributed by atoms with E-state index in [1.165, 1.54) is 0 Å². The molecule has 0 aromatic heterocycles. The second-order valence-corrected chi connectivity index (χ2v) is 3.88. The number of hydrogen-bond acceptors (Lipinski definition) is 3. The fraction of sp³-hybridized carbons (Fsp3) is 0.778. The van der Waals surface area contributed by atoms with Crippen LogP contribution in [0.3, 0.4) is 0 Å². The molecule has 4 heteroatoms. The lowest BCUT2D eigenvalue weighted by Gasteiger charge is -2.20. The summed E-state index contributed by atoms with van der Waals surface area (Å²) < 4.78 is 0. The molecule has 0 fully saturated rings. The fourth-order valence-electron chi connectivity index (χ4n) is 0.809. The lowest BCUT2D eigenvalue weighted by atomic mass is 10.1. The van der Waals surface area contributed by atoms with Gasteiger partial charge in [0.15, 0.2) is 0 Å². The smallest absolute Gasteiger partial charge is 0.234 e. The molecule has 0 saturated heterocycles. The van der Waals surface area contributed by atoms with Gasteiger partial charge >= 0.3 is 0 Å². The van der Waals surface area contributed by atoms with Crippen LogP contribution in [0.25, 0.3) is 0 Å². The van der Waals surface area contributed by atoms with Crippen LogP contribution < -0.4 is 10.6 Å². The van der Waals surface area contributed by atoms with Gasteiger partial charge in [0, 0.05) is 18.5 Å². The zero-order valence-corrected chi connectivity index (χ0v) is 8.48. The van der Waals surface area contributed by atoms with Crippen LogP contribution in [0, 0.1) is 11.3 Å². The Balaban J connectivity index is 3.48. The van der Waals surface area contributed by atoms with Crippen molar-refractivity contribution in [1.29, 1.82) is 5.26 Å². The summed E-state index contributed by atoms with van der Waals surface area (Å²) in [5.74, 6) is -0.0366. The van der Waals surface area contributed by atoms with Gasteiger partial charge in [0.05, 0.1) is 12.6 Å². The molecule has 0 radical (unpaired) electrons. The van der Waals surface area contributed by atoms with Crippen molar-refractivity contribution in [2.75, 3.05) is 13.1 Å². The molecule has 0 aliphatic rings. The van der Waals surface area contributed by atoms with Crippen LogP contribution in [-0.2, 0) is 4.79 Å². The predicted molar refractivity (Wildman–Crippen MR) is 51.0 cm³/mol. The first-order chi connectivity index (χ1) is 5.95. The van der Waals surface area contributed by atoms with Crippen molar-refractivity contribution in [2.24, 2.45) is 0 Å². The third kappa shape index (κ3) is 8.83. The number of hydrogen-bond donors (Lipinski definition) is 2. The van der Waals surface area contributed by atoms with Gasteiger partial charge in [-0.2, -0.15) is 5.26 Å². The topological polar surface area (TPSA) is 64.9 Å². The molecule has 0 aliphatic carbocycles. The van der Waals surface area contributed by atoms with Crippen molar-refractivity contribution in [2.45, 2.75) is 32.7 Å². The Morgan fingerprint density at radius 2 is 2.08 bits per heavy atom. The summed E-state index contributed by atoms with van der Waals surface area (Å²) in [6.07, 6.45) is 0.433. The Kier molecular flexibility index (Phi) is 5.09. The van der Waals surface area contributed by atoms with E-state index in [1.807, 2.05) is 26.8 Å². The van der Waals surface area contributed by atoms with Crippen LogP contribution in [-0.4, -0.2) is 24.5 Å². The Morgan fingerprint density at radius 3 is 2.54 bits per heavy atom. The van der Waals surface area contributed by atoms with Crippen LogP contribution in [0.1, 0.15) is 27.2 Å². The largest absolute Gasteiger partial charge is 0.350 e. The van der Waals surface area contributed by atoms with E-state index in [0.29, 0.717) is 13.0 Å². The summed E-state index contributed by atoms with van der Waals surface area (Å²) in [5, 5.41) is 13.9. The van der Waals surface area contributed by atoms with E-state index >= 15 is 0 Å². The summed E-state index contributed by atoms with van der Waals surface area (Å²) in [4.78, 5) is 11.2. The highest BCUT2D eigenvalue weighted by Crippen LogP contribution is 1.96. The average Bonchev–Trinajstić information content (AvgIpc) is 1.94. The summed E-state index contributed by atoms with van der Waals surface area (Å²) in [5.41, 5.74) is -0.187. The van der Waals surface area contributed by atoms with Gasteiger partial charge in [-0.15, -0.1) is 0 Å². The number of rotatable bonds is 4. The van der Waals surface area contributed by atoms with Gasteiger partial charge in [0.1, 0.15) is 0 Å². The van der Waals surface area contributed by atoms with E-state index in [9.17, 15) is 4.79 Å². The van der Waals surface area contributed by atoms with Gasteiger partial charge in [-0.3, -0.25) is 4.79 Å². The normalized spacial score (nSPS) is 10.6. The molecule has 0 atom stereocenters. The number of carbonyl (C=O) groups excluding carboxylic acids is 1. The molecule has 0 aromatic rings. The molecule has 2 N–H and O–H groups in total. The minimum atomic E-state index is -0.187. The van der Waals surface area contributed by atoms with E-state index in [2.05, 4.69) is 10.6 Å². The SMILES string of the molecule is CC(C)(C)NC(=O)CNCCC#N. The highest BCUT2D eigenvalue weighted by atomic mass is 16.2. The van der Waals surface area contributed by atoms with Crippen LogP contribution in [0.15, 0.2) is 0 Å². The molecule has 0 rings (SSSR count). The van der Waals surface area contributed by atoms with Crippen molar-refractivity contribution >= 4 is 5.91 Å². The Bertz CT molecular complexity index is 200. The maximum Gasteiger partial charge on any atom is 0.234 e. The molecule has 13 heavy (non-hydrogen) atoms. The van der Waals surface area contributed by atoms with Gasteiger partial charge in [-0.05, 0) is 20.8 Å². The third-order valence-electron chi connectivity index (χ3n) is 1.21. The summed E-state index contributed by atoms with van der Waals surface area (Å²) in [6.45, 7) is 6.63. The van der Waals surface area contributed by atoms with Crippen LogP contribution in [0.5, 0.6) is 0 Å². The minimum Gasteiger partial charge on any atom is -0.350 e. The second kappa shape index (κ2) is 5.55. The first-order valence-electron chi connectivity index (χ1n) is 4.34. The fourth-order valence-corrected chi connectivity index (χ4v) is 0.809. The Hall–Kier alpha value is -1.08. The van der Waals surface area contributed by atoms with Gasteiger partial charge < -0.3 is 10.6 Å². The van der Waals surface area contributed by atoms with E-state index in [1.54, 1.807) is 0 Å². The molecule has 0 unspecified atom stereocenters. The molecule has 0 spiro atoms. The van der Waals surface area contributed by atoms with E-state index in [-0.39, 0.29) is 18.0 Å². The van der Waals surface area contributed by atoms with Gasteiger partial charge in [0.2, 0.25) is 5.91 Å². The van der Waals surface area contributed by atoms with Crippen molar-refractivity contribution < 1.29 is 4.79 Å². The molecule has 0 saturated carbocycles. The van der Waals surface area contributed by atoms with E-state index < -0.39 is 0 Å². The number of nitrogens with one attached hydrogen (secondary N) is 2. The summed E-state index contributed by atoms with van der Waals surface area (Å²) in [7, 11) is 0. The highest BCUT2D eigenvalue weighted by molar-refractivity contribution is 5.78. The van der Waals surface area contributed by atoms with Crippen LogP contribution in [0.2, 0.25) is 0 Å². The van der Waals surface area contributed by atoms with Crippen molar-refractivity contribution in [1.82, 2.24) is 10.6 Å². The lowest BCUT2D eigenvalue weighted by molar-refractivity contribution is -0.121. The molecule has 0 aromatic carbocycles. The van der Waals surface area contributed by atoms with Crippen LogP contribution in [0.4, 0.5) is 0 Å². The Morgan fingerprint density at radius 1 is 1.46 bits per heavy atom. The van der Waals surface area contributed by atoms with Crippen molar-refractivity contribution in [3.8, 4) is 6.07 Å².